The molecule has 1 aromatic rings. The van der Waals surface area contributed by atoms with Crippen molar-refractivity contribution >= 4 is 28.9 Å². The molecule has 3 N–H and O–H groups in total. The molecule has 0 bridgehead atoms. The number of thiazole rings is 1. The number of aromatic nitrogens is 1. The van der Waals surface area contributed by atoms with E-state index in [0.717, 1.165) is 43.2 Å². The Bertz CT molecular complexity index is 452. The van der Waals surface area contributed by atoms with Gasteiger partial charge in [-0.15, -0.1) is 11.3 Å². The van der Waals surface area contributed by atoms with Crippen molar-refractivity contribution in [1.29, 1.82) is 0 Å². The Morgan fingerprint density at radius 2 is 2.32 bits per heavy atom. The van der Waals surface area contributed by atoms with Gasteiger partial charge in [-0.1, -0.05) is 5.16 Å². The van der Waals surface area contributed by atoms with E-state index >= 15 is 0 Å². The molecule has 2 rings (SSSR count). The predicted molar refractivity (Wildman–Crippen MR) is 81.0 cm³/mol. The van der Waals surface area contributed by atoms with Crippen molar-refractivity contribution in [2.45, 2.75) is 31.1 Å². The number of hydrogen-bond donors (Lipinski definition) is 2. The fourth-order valence-electron chi connectivity index (χ4n) is 2.44. The number of nitrogens with zero attached hydrogens (tertiary/aromatic N) is 3. The average Bonchev–Trinajstić information content (AvgIpc) is 2.84. The van der Waals surface area contributed by atoms with Gasteiger partial charge in [-0.2, -0.15) is 11.8 Å². The second-order valence-electron chi connectivity index (χ2n) is 4.82. The van der Waals surface area contributed by atoms with E-state index < -0.39 is 0 Å². The molecule has 0 atom stereocenters. The highest BCUT2D eigenvalue weighted by molar-refractivity contribution is 8.00. The number of nitrogens with two attached hydrogens (primary N) is 1. The standard InChI is InChI=1S/C12H20N4OS2/c1-9-14-10(8-19-9)7-16-5-3-12(18-2,4-6-16)11(13)15-17/h8,17H,3-7H2,1-2H3,(H2,13,15). The lowest BCUT2D eigenvalue weighted by molar-refractivity contribution is 0.207. The first-order valence-corrected chi connectivity index (χ1v) is 8.36. The van der Waals surface area contributed by atoms with Gasteiger partial charge < -0.3 is 10.9 Å². The lowest BCUT2D eigenvalue weighted by Gasteiger charge is -2.39. The molecule has 0 aliphatic carbocycles. The summed E-state index contributed by atoms with van der Waals surface area (Å²) >= 11 is 3.37. The van der Waals surface area contributed by atoms with Gasteiger partial charge in [-0.05, 0) is 26.0 Å². The Balaban J connectivity index is 1.95. The quantitative estimate of drug-likeness (QED) is 0.384. The number of piperidine rings is 1. The molecular formula is C12H20N4OS2. The van der Waals surface area contributed by atoms with Crippen LogP contribution in [0.3, 0.4) is 0 Å². The van der Waals surface area contributed by atoms with Crippen molar-refractivity contribution in [3.05, 3.63) is 16.1 Å². The van der Waals surface area contributed by atoms with Crippen LogP contribution in [-0.4, -0.2) is 45.0 Å². The third-order valence-corrected chi connectivity index (χ3v) is 5.90. The molecule has 0 radical (unpaired) electrons. The summed E-state index contributed by atoms with van der Waals surface area (Å²) in [5, 5.41) is 15.4. The van der Waals surface area contributed by atoms with Crippen LogP contribution in [0.25, 0.3) is 0 Å². The topological polar surface area (TPSA) is 74.7 Å². The molecule has 1 fully saturated rings. The van der Waals surface area contributed by atoms with E-state index in [0.29, 0.717) is 5.84 Å². The first-order chi connectivity index (χ1) is 9.09. The molecule has 19 heavy (non-hydrogen) atoms. The molecule has 0 saturated carbocycles. The van der Waals surface area contributed by atoms with Crippen LogP contribution in [0.5, 0.6) is 0 Å². The molecule has 0 aromatic carbocycles. The summed E-state index contributed by atoms with van der Waals surface area (Å²) in [6.45, 7) is 4.83. The summed E-state index contributed by atoms with van der Waals surface area (Å²) in [6.07, 6.45) is 3.85. The molecule has 1 aliphatic heterocycles. The lowest BCUT2D eigenvalue weighted by atomic mass is 9.94. The van der Waals surface area contributed by atoms with Gasteiger partial charge in [0, 0.05) is 25.0 Å². The molecule has 5 nitrogen and oxygen atoms in total. The van der Waals surface area contributed by atoms with Crippen molar-refractivity contribution < 1.29 is 5.21 Å². The van der Waals surface area contributed by atoms with E-state index in [4.69, 9.17) is 10.9 Å². The van der Waals surface area contributed by atoms with Crippen molar-refractivity contribution in [3.63, 3.8) is 0 Å². The Morgan fingerprint density at radius 1 is 1.63 bits per heavy atom. The van der Waals surface area contributed by atoms with Crippen molar-refractivity contribution in [2.75, 3.05) is 19.3 Å². The second-order valence-corrected chi connectivity index (χ2v) is 7.07. The molecule has 0 amide bonds. The minimum absolute atomic E-state index is 0.205. The van der Waals surface area contributed by atoms with E-state index in [2.05, 4.69) is 20.4 Å². The Hall–Kier alpha value is -0.790. The zero-order valence-electron chi connectivity index (χ0n) is 11.3. The highest BCUT2D eigenvalue weighted by Crippen LogP contribution is 2.35. The summed E-state index contributed by atoms with van der Waals surface area (Å²) in [4.78, 5) is 6.88. The Morgan fingerprint density at radius 3 is 2.79 bits per heavy atom. The van der Waals surface area contributed by atoms with E-state index in [1.54, 1.807) is 23.1 Å². The highest BCUT2D eigenvalue weighted by atomic mass is 32.2. The molecule has 7 heteroatoms. The van der Waals surface area contributed by atoms with Crippen LogP contribution in [0, 0.1) is 6.92 Å². The molecule has 0 spiro atoms. The number of amidine groups is 1. The van der Waals surface area contributed by atoms with Gasteiger partial charge in [0.25, 0.3) is 0 Å². The molecular weight excluding hydrogens is 280 g/mol. The maximum absolute atomic E-state index is 8.91. The smallest absolute Gasteiger partial charge is 0.155 e. The van der Waals surface area contributed by atoms with Crippen LogP contribution < -0.4 is 5.73 Å². The molecule has 106 valence electrons. The number of oxime groups is 1. The molecule has 1 aliphatic rings. The number of likely N-dealkylation sites (tertiary alicyclic amines) is 1. The monoisotopic (exact) mass is 300 g/mol. The van der Waals surface area contributed by atoms with Crippen LogP contribution in [-0.2, 0) is 6.54 Å². The van der Waals surface area contributed by atoms with Crippen LogP contribution in [0.2, 0.25) is 0 Å². The van der Waals surface area contributed by atoms with E-state index in [-0.39, 0.29) is 4.75 Å². The molecule has 1 aromatic heterocycles. The van der Waals surface area contributed by atoms with E-state index in [1.165, 1.54) is 0 Å². The van der Waals surface area contributed by atoms with Gasteiger partial charge in [0.15, 0.2) is 5.84 Å². The third-order valence-electron chi connectivity index (χ3n) is 3.68. The first kappa shape index (κ1) is 14.6. The minimum Gasteiger partial charge on any atom is -0.409 e. The van der Waals surface area contributed by atoms with Crippen LogP contribution in [0.4, 0.5) is 0 Å². The summed E-state index contributed by atoms with van der Waals surface area (Å²) in [5.41, 5.74) is 6.99. The maximum Gasteiger partial charge on any atom is 0.155 e. The third kappa shape index (κ3) is 3.21. The zero-order chi connectivity index (χ0) is 13.9. The van der Waals surface area contributed by atoms with Crippen molar-refractivity contribution in [1.82, 2.24) is 9.88 Å². The maximum atomic E-state index is 8.91. The van der Waals surface area contributed by atoms with Crippen LogP contribution >= 0.6 is 23.1 Å². The summed E-state index contributed by atoms with van der Waals surface area (Å²) in [7, 11) is 0. The number of aryl methyl sites for hydroxylation is 1. The summed E-state index contributed by atoms with van der Waals surface area (Å²) in [5.74, 6) is 0.351. The van der Waals surface area contributed by atoms with E-state index in [1.807, 2.05) is 13.2 Å². The minimum atomic E-state index is -0.205. The second kappa shape index (κ2) is 6.11. The average molecular weight is 300 g/mol. The first-order valence-electron chi connectivity index (χ1n) is 6.26. The largest absolute Gasteiger partial charge is 0.409 e. The molecule has 1 saturated heterocycles. The predicted octanol–water partition coefficient (Wildman–Crippen LogP) is 1.90. The van der Waals surface area contributed by atoms with E-state index in [9.17, 15) is 0 Å². The summed E-state index contributed by atoms with van der Waals surface area (Å²) < 4.78 is -0.205. The van der Waals surface area contributed by atoms with Gasteiger partial charge in [-0.3, -0.25) is 4.90 Å². The Labute approximate surface area is 121 Å². The van der Waals surface area contributed by atoms with Crippen LogP contribution in [0.15, 0.2) is 10.5 Å². The number of hydrogen-bond acceptors (Lipinski definition) is 6. The van der Waals surface area contributed by atoms with Gasteiger partial charge in [-0.25, -0.2) is 4.98 Å². The van der Waals surface area contributed by atoms with Crippen LogP contribution in [0.1, 0.15) is 23.5 Å². The number of rotatable bonds is 4. The van der Waals surface area contributed by atoms with Gasteiger partial charge in [0.1, 0.15) is 0 Å². The highest BCUT2D eigenvalue weighted by Gasteiger charge is 2.38. The Kier molecular flexibility index (Phi) is 4.70. The fourth-order valence-corrected chi connectivity index (χ4v) is 3.88. The van der Waals surface area contributed by atoms with Crippen molar-refractivity contribution in [3.8, 4) is 0 Å². The lowest BCUT2D eigenvalue weighted by Crippen LogP contribution is -2.49. The summed E-state index contributed by atoms with van der Waals surface area (Å²) in [6, 6.07) is 0. The van der Waals surface area contributed by atoms with Gasteiger partial charge >= 0.3 is 0 Å². The van der Waals surface area contributed by atoms with Crippen molar-refractivity contribution in [2.24, 2.45) is 10.9 Å². The SMILES string of the molecule is CSC1(C(N)=NO)CCN(Cc2csc(C)n2)CC1. The molecule has 0 unspecified atom stereocenters. The van der Waals surface area contributed by atoms with Gasteiger partial charge in [0.05, 0.1) is 15.4 Å². The zero-order valence-corrected chi connectivity index (χ0v) is 12.9. The normalized spacial score (nSPS) is 20.6. The molecule has 2 heterocycles. The van der Waals surface area contributed by atoms with Gasteiger partial charge in [0.2, 0.25) is 0 Å². The number of thioether (sulfide) groups is 1. The fraction of sp³-hybridized carbons (Fsp3) is 0.667.